The number of rotatable bonds is 4. The number of aryl methyl sites for hydroxylation is 1. The first-order valence-corrected chi connectivity index (χ1v) is 8.40. The van der Waals surface area contributed by atoms with Crippen LogP contribution in [0.4, 0.5) is 0 Å². The number of benzene rings is 1. The minimum absolute atomic E-state index is 0.141. The number of carboxylic acids is 1. The van der Waals surface area contributed by atoms with E-state index in [2.05, 4.69) is 26.2 Å². The Morgan fingerprint density at radius 3 is 2.83 bits per heavy atom. The smallest absolute Gasteiger partial charge is 0.337 e. The molecule has 1 saturated carbocycles. The number of aromatic nitrogens is 4. The normalized spacial score (nSPS) is 19.4. The Hall–Kier alpha value is -2.41. The number of hydrogen-bond acceptors (Lipinski definition) is 3. The third kappa shape index (κ3) is 2.54. The van der Waals surface area contributed by atoms with E-state index in [-0.39, 0.29) is 11.8 Å². The molecule has 1 aromatic carbocycles. The zero-order valence-corrected chi connectivity index (χ0v) is 14.5. The average Bonchev–Trinajstić information content (AvgIpc) is 3.00. The number of aromatic carboxylic acids is 1. The molecule has 4 rings (SSSR count). The maximum Gasteiger partial charge on any atom is 0.337 e. The van der Waals surface area contributed by atoms with Crippen molar-refractivity contribution in [2.24, 2.45) is 7.05 Å². The monoisotopic (exact) mass is 386 g/mol. The van der Waals surface area contributed by atoms with Gasteiger partial charge in [0.15, 0.2) is 0 Å². The zero-order chi connectivity index (χ0) is 16.8. The fourth-order valence-electron chi connectivity index (χ4n) is 3.21. The van der Waals surface area contributed by atoms with Crippen LogP contribution in [0.3, 0.4) is 0 Å². The molecule has 1 fully saturated rings. The van der Waals surface area contributed by atoms with Crippen molar-refractivity contribution in [1.82, 2.24) is 19.6 Å². The molecule has 1 aliphatic carbocycles. The van der Waals surface area contributed by atoms with Gasteiger partial charge in [-0.15, -0.1) is 5.10 Å². The molecule has 0 saturated heterocycles. The first-order chi connectivity index (χ1) is 11.5. The van der Waals surface area contributed by atoms with Crippen LogP contribution in [-0.2, 0) is 7.05 Å². The summed E-state index contributed by atoms with van der Waals surface area (Å²) in [6.07, 6.45) is 4.61. The number of halogens is 1. The summed E-state index contributed by atoms with van der Waals surface area (Å²) in [4.78, 5) is 11.7. The molecule has 24 heavy (non-hydrogen) atoms. The summed E-state index contributed by atoms with van der Waals surface area (Å²) < 4.78 is 4.60. The van der Waals surface area contributed by atoms with E-state index in [4.69, 9.17) is 0 Å². The Kier molecular flexibility index (Phi) is 3.53. The Morgan fingerprint density at radius 1 is 1.33 bits per heavy atom. The Morgan fingerprint density at radius 2 is 2.17 bits per heavy atom. The van der Waals surface area contributed by atoms with Crippen LogP contribution in [0.1, 0.15) is 40.0 Å². The van der Waals surface area contributed by atoms with Crippen LogP contribution in [0.5, 0.6) is 0 Å². The summed E-state index contributed by atoms with van der Waals surface area (Å²) in [6.45, 7) is 0. The van der Waals surface area contributed by atoms with Gasteiger partial charge >= 0.3 is 5.97 Å². The summed E-state index contributed by atoms with van der Waals surface area (Å²) in [5.74, 6) is -0.539. The van der Waals surface area contributed by atoms with Gasteiger partial charge in [-0.3, -0.25) is 4.68 Å². The van der Waals surface area contributed by atoms with Crippen LogP contribution >= 0.6 is 15.9 Å². The molecule has 0 aliphatic heterocycles. The summed E-state index contributed by atoms with van der Waals surface area (Å²) in [6, 6.07) is 9.51. The Bertz CT molecular complexity index is 930. The van der Waals surface area contributed by atoms with Crippen molar-refractivity contribution in [3.63, 3.8) is 0 Å². The molecule has 0 unspecified atom stereocenters. The van der Waals surface area contributed by atoms with Crippen LogP contribution in [0.25, 0.3) is 5.69 Å². The molecule has 2 aromatic heterocycles. The molecule has 1 N–H and O–H groups in total. The van der Waals surface area contributed by atoms with Crippen LogP contribution in [0, 0.1) is 0 Å². The molecule has 0 spiro atoms. The Balaban J connectivity index is 1.77. The number of nitrogens with zero attached hydrogens (tertiary/aromatic N) is 4. The summed E-state index contributed by atoms with van der Waals surface area (Å²) in [5.41, 5.74) is 3.04. The van der Waals surface area contributed by atoms with Gasteiger partial charge in [0.1, 0.15) is 0 Å². The van der Waals surface area contributed by atoms with Crippen LogP contribution in [0.2, 0.25) is 0 Å². The molecule has 2 heterocycles. The van der Waals surface area contributed by atoms with E-state index in [1.54, 1.807) is 10.7 Å². The minimum Gasteiger partial charge on any atom is -0.478 e. The minimum atomic E-state index is -0.899. The maximum absolute atomic E-state index is 11.7. The highest BCUT2D eigenvalue weighted by atomic mass is 79.9. The van der Waals surface area contributed by atoms with Gasteiger partial charge in [-0.1, -0.05) is 27.2 Å². The largest absolute Gasteiger partial charge is 0.478 e. The predicted octanol–water partition coefficient (Wildman–Crippen LogP) is 3.34. The third-order valence-corrected chi connectivity index (χ3v) is 4.88. The molecule has 0 radical (unpaired) electrons. The topological polar surface area (TPSA) is 72.9 Å². The molecule has 122 valence electrons. The van der Waals surface area contributed by atoms with Gasteiger partial charge in [-0.05, 0) is 30.7 Å². The van der Waals surface area contributed by atoms with Gasteiger partial charge in [-0.25, -0.2) is 4.79 Å². The quantitative estimate of drug-likeness (QED) is 0.745. The highest BCUT2D eigenvalue weighted by Crippen LogP contribution is 2.55. The lowest BCUT2D eigenvalue weighted by Gasteiger charge is -2.11. The molecule has 2 atom stereocenters. The van der Waals surface area contributed by atoms with Gasteiger partial charge in [0, 0.05) is 47.1 Å². The van der Waals surface area contributed by atoms with E-state index in [1.165, 1.54) is 0 Å². The highest BCUT2D eigenvalue weighted by Gasteiger charge is 2.45. The van der Waals surface area contributed by atoms with Gasteiger partial charge < -0.3 is 9.67 Å². The van der Waals surface area contributed by atoms with Crippen LogP contribution < -0.4 is 0 Å². The molecular formula is C17H15BrN4O2. The lowest BCUT2D eigenvalue weighted by molar-refractivity contribution is 0.0695. The maximum atomic E-state index is 11.7. The van der Waals surface area contributed by atoms with Crippen LogP contribution in [-0.4, -0.2) is 30.6 Å². The van der Waals surface area contributed by atoms with E-state index in [0.29, 0.717) is 5.56 Å². The number of carboxylic acid groups (broad SMARTS) is 1. The summed E-state index contributed by atoms with van der Waals surface area (Å²) >= 11 is 3.47. The molecule has 0 amide bonds. The molecule has 6 nitrogen and oxygen atoms in total. The lowest BCUT2D eigenvalue weighted by Crippen LogP contribution is -2.05. The standard InChI is InChI=1S/C17H15BrN4O2/c1-21-9-15(19-20-21)13-8-14(13)16-12(17(23)24)5-6-22(16)11-4-2-3-10(18)7-11/h2-7,9,13-14H,8H2,1H3,(H,23,24)/t13-,14-/m1/s1. The summed E-state index contributed by atoms with van der Waals surface area (Å²) in [5, 5.41) is 17.7. The molecule has 0 bridgehead atoms. The average molecular weight is 387 g/mol. The Labute approximate surface area is 146 Å². The van der Waals surface area contributed by atoms with Crippen LogP contribution in [0.15, 0.2) is 47.2 Å². The van der Waals surface area contributed by atoms with Gasteiger partial charge in [0.25, 0.3) is 0 Å². The third-order valence-electron chi connectivity index (χ3n) is 4.38. The van der Waals surface area contributed by atoms with Crippen molar-refractivity contribution in [2.75, 3.05) is 0 Å². The highest BCUT2D eigenvalue weighted by molar-refractivity contribution is 9.10. The second-order valence-electron chi connectivity index (χ2n) is 6.04. The van der Waals surface area contributed by atoms with Crippen molar-refractivity contribution in [3.8, 4) is 5.69 Å². The van der Waals surface area contributed by atoms with E-state index < -0.39 is 5.97 Å². The molecule has 1 aliphatic rings. The molecular weight excluding hydrogens is 372 g/mol. The fourth-order valence-corrected chi connectivity index (χ4v) is 3.60. The fraction of sp³-hybridized carbons (Fsp3) is 0.235. The van der Waals surface area contributed by atoms with Crippen molar-refractivity contribution >= 4 is 21.9 Å². The van der Waals surface area contributed by atoms with Gasteiger partial charge in [0.05, 0.1) is 11.3 Å². The molecule has 7 heteroatoms. The SMILES string of the molecule is Cn1cc([C@@H]2C[C@H]2c2c(C(=O)O)ccn2-c2cccc(Br)c2)nn1. The number of hydrogen-bond donors (Lipinski definition) is 1. The van der Waals surface area contributed by atoms with Gasteiger partial charge in [0.2, 0.25) is 0 Å². The predicted molar refractivity (Wildman–Crippen MR) is 91.5 cm³/mol. The van der Waals surface area contributed by atoms with Crippen molar-refractivity contribution in [1.29, 1.82) is 0 Å². The first kappa shape index (κ1) is 15.1. The zero-order valence-electron chi connectivity index (χ0n) is 12.9. The van der Waals surface area contributed by atoms with Gasteiger partial charge in [-0.2, -0.15) is 0 Å². The van der Waals surface area contributed by atoms with E-state index in [9.17, 15) is 9.90 Å². The van der Waals surface area contributed by atoms with E-state index in [1.807, 2.05) is 48.3 Å². The lowest BCUT2D eigenvalue weighted by atomic mass is 10.1. The van der Waals surface area contributed by atoms with E-state index >= 15 is 0 Å². The second kappa shape index (κ2) is 5.59. The summed E-state index contributed by atoms with van der Waals surface area (Å²) in [7, 11) is 1.83. The number of carbonyl (C=O) groups is 1. The van der Waals surface area contributed by atoms with Crippen molar-refractivity contribution < 1.29 is 9.90 Å². The van der Waals surface area contributed by atoms with Crippen molar-refractivity contribution in [3.05, 3.63) is 64.1 Å². The second-order valence-corrected chi connectivity index (χ2v) is 6.95. The van der Waals surface area contributed by atoms with Crippen molar-refractivity contribution in [2.45, 2.75) is 18.3 Å². The first-order valence-electron chi connectivity index (χ1n) is 7.61. The molecule has 3 aromatic rings. The van der Waals surface area contributed by atoms with E-state index in [0.717, 1.165) is 28.0 Å².